The van der Waals surface area contributed by atoms with Gasteiger partial charge in [-0.15, -0.1) is 0 Å². The summed E-state index contributed by atoms with van der Waals surface area (Å²) in [5.74, 6) is 1.06. The Hall–Kier alpha value is -2.29. The van der Waals surface area contributed by atoms with Crippen molar-refractivity contribution in [2.24, 2.45) is 0 Å². The van der Waals surface area contributed by atoms with Crippen molar-refractivity contribution in [3.8, 4) is 5.75 Å². The fourth-order valence-electron chi connectivity index (χ4n) is 2.43. The summed E-state index contributed by atoms with van der Waals surface area (Å²) in [6.45, 7) is 6.64. The molecule has 0 spiro atoms. The number of carbonyl (C=O) groups excluding carboxylic acids is 1. The van der Waals surface area contributed by atoms with Crippen LogP contribution in [0.1, 0.15) is 37.8 Å². The van der Waals surface area contributed by atoms with E-state index in [0.717, 1.165) is 17.7 Å². The lowest BCUT2D eigenvalue weighted by Crippen LogP contribution is -2.37. The molecule has 23 heavy (non-hydrogen) atoms. The number of rotatable bonds is 7. The van der Waals surface area contributed by atoms with Crippen LogP contribution in [0.2, 0.25) is 0 Å². The molecule has 2 rings (SSSR count). The topological polar surface area (TPSA) is 38.3 Å². The number of para-hydroxylation sites is 1. The molecule has 0 heterocycles. The Labute approximate surface area is 138 Å². The SMILES string of the molecule is CC(C)c1ccccc1O[C@H](C)C(=O)NCCc1ccccc1. The van der Waals surface area contributed by atoms with Gasteiger partial charge in [0.1, 0.15) is 5.75 Å². The number of ether oxygens (including phenoxy) is 1. The van der Waals surface area contributed by atoms with E-state index >= 15 is 0 Å². The first-order valence-electron chi connectivity index (χ1n) is 8.15. The smallest absolute Gasteiger partial charge is 0.260 e. The predicted molar refractivity (Wildman–Crippen MR) is 93.8 cm³/mol. The lowest BCUT2D eigenvalue weighted by Gasteiger charge is -2.18. The Kier molecular flexibility index (Phi) is 6.21. The van der Waals surface area contributed by atoms with E-state index in [2.05, 4.69) is 31.3 Å². The average Bonchev–Trinajstić information content (AvgIpc) is 2.56. The molecule has 0 saturated carbocycles. The fraction of sp³-hybridized carbons (Fsp3) is 0.350. The van der Waals surface area contributed by atoms with Gasteiger partial charge in [0.05, 0.1) is 0 Å². The van der Waals surface area contributed by atoms with Gasteiger partial charge < -0.3 is 10.1 Å². The summed E-state index contributed by atoms with van der Waals surface area (Å²) in [6, 6.07) is 18.0. The molecule has 0 aliphatic rings. The molecule has 1 N–H and O–H groups in total. The number of benzene rings is 2. The van der Waals surface area contributed by atoms with Crippen molar-refractivity contribution in [2.75, 3.05) is 6.54 Å². The molecule has 0 fully saturated rings. The van der Waals surface area contributed by atoms with E-state index in [9.17, 15) is 4.79 Å². The third kappa shape index (κ3) is 5.13. The van der Waals surface area contributed by atoms with Crippen molar-refractivity contribution < 1.29 is 9.53 Å². The van der Waals surface area contributed by atoms with E-state index in [0.29, 0.717) is 12.5 Å². The maximum absolute atomic E-state index is 12.2. The van der Waals surface area contributed by atoms with Crippen LogP contribution in [0.15, 0.2) is 54.6 Å². The highest BCUT2D eigenvalue weighted by molar-refractivity contribution is 5.80. The van der Waals surface area contributed by atoms with E-state index in [1.807, 2.05) is 42.5 Å². The van der Waals surface area contributed by atoms with Gasteiger partial charge in [-0.1, -0.05) is 62.4 Å². The molecule has 0 aliphatic carbocycles. The average molecular weight is 311 g/mol. The summed E-state index contributed by atoms with van der Waals surface area (Å²) in [7, 11) is 0. The van der Waals surface area contributed by atoms with Gasteiger partial charge in [-0.3, -0.25) is 4.79 Å². The molecule has 2 aromatic rings. The first-order chi connectivity index (χ1) is 11.1. The highest BCUT2D eigenvalue weighted by atomic mass is 16.5. The zero-order valence-electron chi connectivity index (χ0n) is 14.1. The van der Waals surface area contributed by atoms with E-state index in [1.54, 1.807) is 6.92 Å². The minimum absolute atomic E-state index is 0.0838. The van der Waals surface area contributed by atoms with Crippen LogP contribution in [-0.4, -0.2) is 18.6 Å². The molecule has 122 valence electrons. The van der Waals surface area contributed by atoms with Gasteiger partial charge in [-0.25, -0.2) is 0 Å². The molecule has 1 amide bonds. The summed E-state index contributed by atoms with van der Waals surface area (Å²) < 4.78 is 5.86. The molecule has 2 aromatic carbocycles. The monoisotopic (exact) mass is 311 g/mol. The summed E-state index contributed by atoms with van der Waals surface area (Å²) in [5.41, 5.74) is 2.34. The molecular weight excluding hydrogens is 286 g/mol. The summed E-state index contributed by atoms with van der Waals surface area (Å²) in [4.78, 5) is 12.2. The Morgan fingerprint density at radius 1 is 1.00 bits per heavy atom. The molecule has 0 aliphatic heterocycles. The second kappa shape index (κ2) is 8.37. The second-order valence-electron chi connectivity index (χ2n) is 5.98. The maximum Gasteiger partial charge on any atom is 0.260 e. The van der Waals surface area contributed by atoms with Crippen molar-refractivity contribution in [1.82, 2.24) is 5.32 Å². The number of nitrogens with one attached hydrogen (secondary N) is 1. The van der Waals surface area contributed by atoms with Gasteiger partial charge >= 0.3 is 0 Å². The Bertz CT molecular complexity index is 623. The van der Waals surface area contributed by atoms with Crippen LogP contribution in [0.3, 0.4) is 0 Å². The maximum atomic E-state index is 12.2. The van der Waals surface area contributed by atoms with Gasteiger partial charge in [0, 0.05) is 6.54 Å². The molecule has 3 heteroatoms. The van der Waals surface area contributed by atoms with Crippen LogP contribution in [0, 0.1) is 0 Å². The summed E-state index contributed by atoms with van der Waals surface area (Å²) in [6.07, 6.45) is 0.313. The van der Waals surface area contributed by atoms with Gasteiger partial charge in [-0.05, 0) is 36.5 Å². The quantitative estimate of drug-likeness (QED) is 0.841. The summed E-state index contributed by atoms with van der Waals surface area (Å²) >= 11 is 0. The Morgan fingerprint density at radius 3 is 2.35 bits per heavy atom. The third-order valence-electron chi connectivity index (χ3n) is 3.77. The molecule has 0 radical (unpaired) electrons. The molecule has 3 nitrogen and oxygen atoms in total. The highest BCUT2D eigenvalue weighted by Crippen LogP contribution is 2.26. The third-order valence-corrected chi connectivity index (χ3v) is 3.77. The van der Waals surface area contributed by atoms with Crippen molar-refractivity contribution in [1.29, 1.82) is 0 Å². The molecule has 0 bridgehead atoms. The lowest BCUT2D eigenvalue weighted by molar-refractivity contribution is -0.127. The van der Waals surface area contributed by atoms with Crippen molar-refractivity contribution in [3.63, 3.8) is 0 Å². The molecule has 0 aromatic heterocycles. The van der Waals surface area contributed by atoms with Crippen LogP contribution in [0.25, 0.3) is 0 Å². The normalized spacial score (nSPS) is 12.0. The van der Waals surface area contributed by atoms with Crippen molar-refractivity contribution in [3.05, 3.63) is 65.7 Å². The van der Waals surface area contributed by atoms with Gasteiger partial charge in [0.2, 0.25) is 0 Å². The van der Waals surface area contributed by atoms with Crippen LogP contribution >= 0.6 is 0 Å². The van der Waals surface area contributed by atoms with Crippen molar-refractivity contribution in [2.45, 2.75) is 39.2 Å². The Morgan fingerprint density at radius 2 is 1.65 bits per heavy atom. The van der Waals surface area contributed by atoms with Crippen LogP contribution < -0.4 is 10.1 Å². The number of carbonyl (C=O) groups is 1. The van der Waals surface area contributed by atoms with E-state index in [-0.39, 0.29) is 5.91 Å². The lowest BCUT2D eigenvalue weighted by atomic mass is 10.0. The van der Waals surface area contributed by atoms with Gasteiger partial charge in [-0.2, -0.15) is 0 Å². The number of hydrogen-bond donors (Lipinski definition) is 1. The Balaban J connectivity index is 1.86. The van der Waals surface area contributed by atoms with E-state index in [1.165, 1.54) is 5.56 Å². The molecular formula is C20H25NO2. The molecule has 1 atom stereocenters. The first kappa shape index (κ1) is 17.1. The highest BCUT2D eigenvalue weighted by Gasteiger charge is 2.16. The van der Waals surface area contributed by atoms with Crippen molar-refractivity contribution >= 4 is 5.91 Å². The van der Waals surface area contributed by atoms with Crippen LogP contribution in [-0.2, 0) is 11.2 Å². The number of hydrogen-bond acceptors (Lipinski definition) is 2. The fourth-order valence-corrected chi connectivity index (χ4v) is 2.43. The largest absolute Gasteiger partial charge is 0.481 e. The number of amides is 1. The zero-order valence-corrected chi connectivity index (χ0v) is 14.1. The second-order valence-corrected chi connectivity index (χ2v) is 5.98. The van der Waals surface area contributed by atoms with E-state index < -0.39 is 6.10 Å². The first-order valence-corrected chi connectivity index (χ1v) is 8.15. The van der Waals surface area contributed by atoms with Crippen LogP contribution in [0.4, 0.5) is 0 Å². The zero-order chi connectivity index (χ0) is 16.7. The van der Waals surface area contributed by atoms with E-state index in [4.69, 9.17) is 4.74 Å². The van der Waals surface area contributed by atoms with Gasteiger partial charge in [0.15, 0.2) is 6.10 Å². The summed E-state index contributed by atoms with van der Waals surface area (Å²) in [5, 5.41) is 2.94. The standard InChI is InChI=1S/C20H25NO2/c1-15(2)18-11-7-8-12-19(18)23-16(3)20(22)21-14-13-17-9-5-4-6-10-17/h4-12,15-16H,13-14H2,1-3H3,(H,21,22)/t16-/m1/s1. The predicted octanol–water partition coefficient (Wildman–Crippen LogP) is 3.94. The minimum Gasteiger partial charge on any atom is -0.481 e. The minimum atomic E-state index is -0.509. The molecule has 0 unspecified atom stereocenters. The van der Waals surface area contributed by atoms with Gasteiger partial charge in [0.25, 0.3) is 5.91 Å². The molecule has 0 saturated heterocycles. The van der Waals surface area contributed by atoms with Crippen LogP contribution in [0.5, 0.6) is 5.75 Å².